The van der Waals surface area contributed by atoms with Crippen LogP contribution in [0.15, 0.2) is 35.7 Å². The van der Waals surface area contributed by atoms with E-state index in [0.29, 0.717) is 22.5 Å². The van der Waals surface area contributed by atoms with Crippen molar-refractivity contribution < 1.29 is 52.1 Å². The van der Waals surface area contributed by atoms with Gasteiger partial charge in [0.25, 0.3) is 5.09 Å². The second-order valence-corrected chi connectivity index (χ2v) is 12.9. The van der Waals surface area contributed by atoms with Crippen LogP contribution in [0.4, 0.5) is 10.3 Å². The molecule has 0 amide bonds. The molecule has 2 aromatic rings. The summed E-state index contributed by atoms with van der Waals surface area (Å²) in [6, 6.07) is 5.42. The number of hydrogen-bond acceptors (Lipinski definition) is 15. The van der Waals surface area contributed by atoms with Crippen molar-refractivity contribution in [3.8, 4) is 11.3 Å². The van der Waals surface area contributed by atoms with Gasteiger partial charge in [0.05, 0.1) is 49.5 Å². The molecule has 266 valence electrons. The zero-order valence-corrected chi connectivity index (χ0v) is 27.7. The largest absolute Gasteiger partial charge is 0.466 e. The lowest BCUT2D eigenvalue weighted by molar-refractivity contribution is -0.769. The molecular weight excluding hydrogens is 661 g/mol. The van der Waals surface area contributed by atoms with E-state index in [2.05, 4.69) is 25.0 Å². The third-order valence-corrected chi connectivity index (χ3v) is 7.78. The molecule has 0 aliphatic heterocycles. The summed E-state index contributed by atoms with van der Waals surface area (Å²) < 4.78 is 49.4. The second-order valence-electron chi connectivity index (χ2n) is 10.9. The second kappa shape index (κ2) is 19.5. The topological polar surface area (TPSA) is 230 Å². The van der Waals surface area contributed by atoms with E-state index in [4.69, 9.17) is 9.47 Å². The molecule has 48 heavy (non-hydrogen) atoms. The summed E-state index contributed by atoms with van der Waals surface area (Å²) >= 11 is 0. The van der Waals surface area contributed by atoms with Gasteiger partial charge < -0.3 is 29.4 Å². The SMILES string of the molecule is CC(C)c1nc(N(C)S(C)(=O)=O)nc(-c2ccc(F)cc2)c1/C=C/C(O)C[C@@H](O)CC(=O)OCCCOCC(CCON=O)O[N+](=O)[O-]. The predicted octanol–water partition coefficient (Wildman–Crippen LogP) is 2.93. The number of aromatic nitrogens is 2. The number of rotatable bonds is 22. The summed E-state index contributed by atoms with van der Waals surface area (Å²) in [6.45, 7) is 3.29. The van der Waals surface area contributed by atoms with Crippen LogP contribution in [0.1, 0.15) is 56.7 Å². The fourth-order valence-electron chi connectivity index (χ4n) is 4.17. The first-order valence-corrected chi connectivity index (χ1v) is 16.6. The van der Waals surface area contributed by atoms with Gasteiger partial charge in [-0.15, -0.1) is 15.0 Å². The Bertz CT molecular complexity index is 1490. The van der Waals surface area contributed by atoms with E-state index >= 15 is 0 Å². The fourth-order valence-corrected chi connectivity index (χ4v) is 4.54. The number of esters is 1. The highest BCUT2D eigenvalue weighted by Crippen LogP contribution is 2.31. The molecule has 3 atom stereocenters. The summed E-state index contributed by atoms with van der Waals surface area (Å²) in [4.78, 5) is 50.3. The molecule has 1 aromatic heterocycles. The van der Waals surface area contributed by atoms with Crippen molar-refractivity contribution in [3.05, 3.63) is 62.4 Å². The number of aliphatic hydroxyl groups excluding tert-OH is 2. The van der Waals surface area contributed by atoms with Crippen LogP contribution in [-0.4, -0.2) is 97.7 Å². The molecule has 0 fully saturated rings. The lowest BCUT2D eigenvalue weighted by Crippen LogP contribution is -2.27. The number of benzene rings is 1. The maximum Gasteiger partial charge on any atom is 0.308 e. The number of carbonyl (C=O) groups is 1. The molecule has 2 N–H and O–H groups in total. The van der Waals surface area contributed by atoms with Crippen LogP contribution < -0.4 is 4.31 Å². The van der Waals surface area contributed by atoms with Crippen molar-refractivity contribution in [2.24, 2.45) is 5.34 Å². The molecule has 0 saturated carbocycles. The molecule has 0 saturated heterocycles. The number of nitrogens with zero attached hydrogens (tertiary/aromatic N) is 5. The van der Waals surface area contributed by atoms with E-state index < -0.39 is 51.6 Å². The van der Waals surface area contributed by atoms with E-state index in [0.717, 1.165) is 10.6 Å². The minimum atomic E-state index is -3.71. The Morgan fingerprint density at radius 1 is 1.17 bits per heavy atom. The Labute approximate surface area is 276 Å². The van der Waals surface area contributed by atoms with Gasteiger partial charge in [0.1, 0.15) is 18.5 Å². The number of sulfonamides is 1. The van der Waals surface area contributed by atoms with E-state index in [9.17, 15) is 42.8 Å². The van der Waals surface area contributed by atoms with Crippen LogP contribution in [0.5, 0.6) is 0 Å². The van der Waals surface area contributed by atoms with Gasteiger partial charge in [-0.2, -0.15) is 0 Å². The zero-order chi connectivity index (χ0) is 35.9. The summed E-state index contributed by atoms with van der Waals surface area (Å²) in [5.74, 6) is -1.53. The third kappa shape index (κ3) is 13.8. The number of aliphatic hydroxyl groups is 2. The molecule has 2 rings (SSSR count). The van der Waals surface area contributed by atoms with Gasteiger partial charge in [-0.05, 0) is 30.2 Å². The Kier molecular flexibility index (Phi) is 16.2. The fraction of sp³-hybridized carbons (Fsp3) is 0.552. The molecule has 1 heterocycles. The van der Waals surface area contributed by atoms with Gasteiger partial charge >= 0.3 is 5.97 Å². The Hall–Kier alpha value is -4.33. The summed E-state index contributed by atoms with van der Waals surface area (Å²) in [5.41, 5.74) is 1.66. The van der Waals surface area contributed by atoms with Gasteiger partial charge in [-0.25, -0.2) is 27.1 Å². The number of ether oxygens (including phenoxy) is 2. The van der Waals surface area contributed by atoms with E-state index in [1.807, 2.05) is 13.8 Å². The summed E-state index contributed by atoms with van der Waals surface area (Å²) in [5, 5.41) is 32.8. The number of hydrogen-bond donors (Lipinski definition) is 2. The number of carbonyl (C=O) groups excluding carboxylic acids is 1. The summed E-state index contributed by atoms with van der Waals surface area (Å²) in [6.07, 6.45) is 0.0223. The quantitative estimate of drug-likeness (QED) is 0.0591. The molecule has 0 aliphatic rings. The lowest BCUT2D eigenvalue weighted by atomic mass is 9.97. The maximum absolute atomic E-state index is 13.7. The van der Waals surface area contributed by atoms with Gasteiger partial charge in [0, 0.05) is 44.0 Å². The van der Waals surface area contributed by atoms with Crippen LogP contribution in [0.2, 0.25) is 0 Å². The third-order valence-electron chi connectivity index (χ3n) is 6.63. The molecule has 0 bridgehead atoms. The van der Waals surface area contributed by atoms with Crippen LogP contribution in [-0.2, 0) is 34.0 Å². The van der Waals surface area contributed by atoms with Crippen molar-refractivity contribution in [1.82, 2.24) is 9.97 Å². The van der Waals surface area contributed by atoms with Crippen LogP contribution in [0, 0.1) is 20.8 Å². The van der Waals surface area contributed by atoms with Gasteiger partial charge in [0.2, 0.25) is 16.0 Å². The molecular formula is C29H40FN5O12S. The van der Waals surface area contributed by atoms with Crippen molar-refractivity contribution in [1.29, 1.82) is 0 Å². The van der Waals surface area contributed by atoms with Crippen molar-refractivity contribution in [2.75, 3.05) is 44.0 Å². The first-order valence-electron chi connectivity index (χ1n) is 14.8. The smallest absolute Gasteiger partial charge is 0.308 e. The molecule has 1 aromatic carbocycles. The molecule has 2 unspecified atom stereocenters. The minimum Gasteiger partial charge on any atom is -0.466 e. The van der Waals surface area contributed by atoms with Gasteiger partial charge in [-0.3, -0.25) is 4.79 Å². The Morgan fingerprint density at radius 3 is 2.46 bits per heavy atom. The number of anilines is 1. The average Bonchev–Trinajstić information content (AvgIpc) is 3.00. The monoisotopic (exact) mass is 701 g/mol. The summed E-state index contributed by atoms with van der Waals surface area (Å²) in [7, 11) is -2.40. The van der Waals surface area contributed by atoms with Crippen molar-refractivity contribution in [2.45, 2.75) is 63.8 Å². The molecule has 0 spiro atoms. The van der Waals surface area contributed by atoms with E-state index in [1.54, 1.807) is 0 Å². The van der Waals surface area contributed by atoms with Gasteiger partial charge in [0.15, 0.2) is 5.34 Å². The Morgan fingerprint density at radius 2 is 1.85 bits per heavy atom. The standard InChI is InChI=1S/C29H40FN5O12S/c1-19(2)27-25(28(20-6-8-21(30)9-7-20)32-29(31-27)34(3)48(4,42)43)11-10-22(36)16-23(37)17-26(38)45-14-5-13-44-18-24(47-35(40)41)12-15-46-33-39/h6-11,19,22-24,36-37H,5,12-18H2,1-4H3/b11-10+/t22?,23-,24?/m1/s1. The molecule has 0 radical (unpaired) electrons. The van der Waals surface area contributed by atoms with Crippen LogP contribution in [0.25, 0.3) is 17.3 Å². The molecule has 0 aliphatic carbocycles. The normalized spacial score (nSPS) is 13.6. The van der Waals surface area contributed by atoms with Crippen molar-refractivity contribution >= 4 is 28.0 Å². The highest BCUT2D eigenvalue weighted by molar-refractivity contribution is 7.92. The average molecular weight is 702 g/mol. The van der Waals surface area contributed by atoms with Crippen LogP contribution in [0.3, 0.4) is 0 Å². The van der Waals surface area contributed by atoms with Crippen molar-refractivity contribution in [3.63, 3.8) is 0 Å². The first kappa shape index (κ1) is 39.8. The lowest BCUT2D eigenvalue weighted by Gasteiger charge is -2.20. The van der Waals surface area contributed by atoms with E-state index in [1.165, 1.54) is 43.5 Å². The predicted molar refractivity (Wildman–Crippen MR) is 170 cm³/mol. The number of halogens is 1. The maximum atomic E-state index is 13.7. The zero-order valence-electron chi connectivity index (χ0n) is 26.9. The van der Waals surface area contributed by atoms with E-state index in [-0.39, 0.29) is 57.6 Å². The van der Waals surface area contributed by atoms with Gasteiger partial charge in [-0.1, -0.05) is 26.0 Å². The Balaban J connectivity index is 2.00. The highest BCUT2D eigenvalue weighted by atomic mass is 32.2. The first-order chi connectivity index (χ1) is 22.6. The minimum absolute atomic E-state index is 0.0159. The molecule has 17 nitrogen and oxygen atoms in total. The molecule has 19 heteroatoms. The highest BCUT2D eigenvalue weighted by Gasteiger charge is 2.23. The van der Waals surface area contributed by atoms with Crippen LogP contribution >= 0.6 is 0 Å².